The van der Waals surface area contributed by atoms with E-state index in [4.69, 9.17) is 4.52 Å². The molecule has 0 aliphatic rings. The van der Waals surface area contributed by atoms with Gasteiger partial charge >= 0.3 is 0 Å². The minimum absolute atomic E-state index is 0.329. The molecule has 0 saturated carbocycles. The van der Waals surface area contributed by atoms with Gasteiger partial charge in [-0.25, -0.2) is 9.97 Å². The molecule has 0 unspecified atom stereocenters. The van der Waals surface area contributed by atoms with Crippen LogP contribution in [0, 0.1) is 0 Å². The van der Waals surface area contributed by atoms with Crippen molar-refractivity contribution in [2.45, 2.75) is 158 Å². The topological polar surface area (TPSA) is 121 Å². The van der Waals surface area contributed by atoms with Crippen LogP contribution in [0.3, 0.4) is 0 Å². The van der Waals surface area contributed by atoms with Crippen molar-refractivity contribution >= 4 is 23.1 Å². The second-order valence-electron chi connectivity index (χ2n) is 13.7. The first-order valence-corrected chi connectivity index (χ1v) is 17.8. The monoisotopic (exact) mass is 661 g/mol. The standard InChI is InChI=1S/C9H17N3.C8H14N2O.2C8H14N2S/c1-6(2)8-10-11-9(7(3)4)12(8)5;3*1-5(2)7-9-8(6(3)4)11-10-7/h6-7H,1-5H3;3*5-6H,1-4H3. The molecule has 12 heteroatoms. The van der Waals surface area contributed by atoms with Crippen molar-refractivity contribution in [1.82, 2.24) is 43.6 Å². The van der Waals surface area contributed by atoms with Crippen molar-refractivity contribution in [2.75, 3.05) is 0 Å². The van der Waals surface area contributed by atoms with E-state index >= 15 is 0 Å². The minimum Gasteiger partial charge on any atom is -0.339 e. The summed E-state index contributed by atoms with van der Waals surface area (Å²) in [5.74, 6) is 9.17. The average molecular weight is 662 g/mol. The van der Waals surface area contributed by atoms with Crippen molar-refractivity contribution in [1.29, 1.82) is 0 Å². The summed E-state index contributed by atoms with van der Waals surface area (Å²) in [5.41, 5.74) is 0. The van der Waals surface area contributed by atoms with Crippen molar-refractivity contribution in [3.05, 3.63) is 45.0 Å². The predicted octanol–water partition coefficient (Wildman–Crippen LogP) is 9.95. The van der Waals surface area contributed by atoms with Gasteiger partial charge in [0.15, 0.2) is 5.82 Å². The van der Waals surface area contributed by atoms with Crippen LogP contribution < -0.4 is 0 Å². The molecule has 254 valence electrons. The van der Waals surface area contributed by atoms with Gasteiger partial charge in [-0.2, -0.15) is 13.7 Å². The number of hydrogen-bond acceptors (Lipinski definition) is 11. The lowest BCUT2D eigenvalue weighted by Gasteiger charge is -2.07. The number of nitrogens with zero attached hydrogens (tertiary/aromatic N) is 9. The van der Waals surface area contributed by atoms with Gasteiger partial charge in [-0.1, -0.05) is 116 Å². The third-order valence-corrected chi connectivity index (χ3v) is 8.43. The summed E-state index contributed by atoms with van der Waals surface area (Å²) in [6.45, 7) is 33.8. The number of hydrogen-bond donors (Lipinski definition) is 0. The van der Waals surface area contributed by atoms with Crippen molar-refractivity contribution in [3.8, 4) is 0 Å². The molecule has 0 saturated heterocycles. The smallest absolute Gasteiger partial charge is 0.229 e. The summed E-state index contributed by atoms with van der Waals surface area (Å²) in [6, 6.07) is 0. The summed E-state index contributed by atoms with van der Waals surface area (Å²) >= 11 is 3.05. The fourth-order valence-corrected chi connectivity index (χ4v) is 5.08. The summed E-state index contributed by atoms with van der Waals surface area (Å²) in [5, 5.41) is 14.4. The Hall–Kier alpha value is -2.60. The van der Waals surface area contributed by atoms with Gasteiger partial charge in [0.25, 0.3) is 0 Å². The van der Waals surface area contributed by atoms with Gasteiger partial charge in [-0.3, -0.25) is 0 Å². The molecule has 0 bridgehead atoms. The molecule has 0 spiro atoms. The zero-order chi connectivity index (χ0) is 34.6. The molecule has 4 heterocycles. The molecule has 0 atom stereocenters. The average Bonchev–Trinajstić information content (AvgIpc) is 3.75. The third kappa shape index (κ3) is 13.3. The van der Waals surface area contributed by atoms with Crippen LogP contribution in [-0.4, -0.2) is 43.6 Å². The van der Waals surface area contributed by atoms with Crippen LogP contribution in [0.5, 0.6) is 0 Å². The highest BCUT2D eigenvalue weighted by Crippen LogP contribution is 2.21. The number of rotatable bonds is 8. The summed E-state index contributed by atoms with van der Waals surface area (Å²) in [6.07, 6.45) is 0. The zero-order valence-corrected chi connectivity index (χ0v) is 32.5. The van der Waals surface area contributed by atoms with Gasteiger partial charge in [0.1, 0.15) is 33.3 Å². The second kappa shape index (κ2) is 19.2. The van der Waals surface area contributed by atoms with Crippen LogP contribution >= 0.6 is 23.1 Å². The fourth-order valence-electron chi connectivity index (χ4n) is 3.51. The molecule has 4 aromatic heterocycles. The first-order chi connectivity index (χ1) is 20.9. The van der Waals surface area contributed by atoms with Gasteiger partial charge in [0, 0.05) is 54.4 Å². The van der Waals surface area contributed by atoms with E-state index < -0.39 is 0 Å². The van der Waals surface area contributed by atoms with Gasteiger partial charge in [0.05, 0.1) is 0 Å². The summed E-state index contributed by atoms with van der Waals surface area (Å²) < 4.78 is 15.7. The summed E-state index contributed by atoms with van der Waals surface area (Å²) in [4.78, 5) is 13.1. The van der Waals surface area contributed by atoms with E-state index in [9.17, 15) is 0 Å². The van der Waals surface area contributed by atoms with Crippen LogP contribution in [0.15, 0.2) is 4.52 Å². The molecule has 0 amide bonds. The van der Waals surface area contributed by atoms with Gasteiger partial charge < -0.3 is 9.09 Å². The Morgan fingerprint density at radius 1 is 0.467 bits per heavy atom. The van der Waals surface area contributed by atoms with E-state index in [2.05, 4.69) is 141 Å². The van der Waals surface area contributed by atoms with Gasteiger partial charge in [-0.05, 0) is 23.1 Å². The van der Waals surface area contributed by atoms with E-state index in [-0.39, 0.29) is 0 Å². The van der Waals surface area contributed by atoms with E-state index in [1.54, 1.807) is 0 Å². The molecular formula is C33H59N9OS2. The molecule has 4 rings (SSSR count). The molecule has 4 aromatic rings. The van der Waals surface area contributed by atoms with Crippen molar-refractivity contribution in [2.24, 2.45) is 7.05 Å². The zero-order valence-electron chi connectivity index (χ0n) is 30.9. The van der Waals surface area contributed by atoms with E-state index in [1.165, 1.54) is 23.1 Å². The molecule has 45 heavy (non-hydrogen) atoms. The van der Waals surface area contributed by atoms with E-state index in [1.807, 2.05) is 20.9 Å². The number of aromatic nitrogens is 9. The van der Waals surface area contributed by atoms with Crippen LogP contribution in [0.2, 0.25) is 0 Å². The molecule has 0 fully saturated rings. The van der Waals surface area contributed by atoms with Crippen molar-refractivity contribution in [3.63, 3.8) is 0 Å². The Morgan fingerprint density at radius 3 is 1.02 bits per heavy atom. The summed E-state index contributed by atoms with van der Waals surface area (Å²) in [7, 11) is 2.03. The Kier molecular flexibility index (Phi) is 17.2. The second-order valence-corrected chi connectivity index (χ2v) is 15.3. The Balaban J connectivity index is 0.000000300. The highest BCUT2D eigenvalue weighted by molar-refractivity contribution is 7.05. The van der Waals surface area contributed by atoms with Crippen LogP contribution in [-0.2, 0) is 7.05 Å². The molecular weight excluding hydrogens is 603 g/mol. The Morgan fingerprint density at radius 2 is 0.844 bits per heavy atom. The van der Waals surface area contributed by atoms with E-state index in [0.29, 0.717) is 47.3 Å². The molecule has 0 aliphatic carbocycles. The first kappa shape index (κ1) is 40.4. The molecule has 0 N–H and O–H groups in total. The molecule has 0 aromatic carbocycles. The lowest BCUT2D eigenvalue weighted by Crippen LogP contribution is -2.04. The van der Waals surface area contributed by atoms with Crippen LogP contribution in [0.1, 0.15) is 203 Å². The third-order valence-electron chi connectivity index (χ3n) is 6.38. The fraction of sp³-hybridized carbons (Fsp3) is 0.758. The highest BCUT2D eigenvalue weighted by atomic mass is 32.1. The maximum absolute atomic E-state index is 5.03. The van der Waals surface area contributed by atoms with Gasteiger partial charge in [0.2, 0.25) is 5.89 Å². The first-order valence-electron chi connectivity index (χ1n) is 16.3. The van der Waals surface area contributed by atoms with E-state index in [0.717, 1.165) is 45.0 Å². The lowest BCUT2D eigenvalue weighted by atomic mass is 10.2. The Labute approximate surface area is 280 Å². The maximum Gasteiger partial charge on any atom is 0.229 e. The molecule has 0 radical (unpaired) electrons. The quantitative estimate of drug-likeness (QED) is 0.182. The highest BCUT2D eigenvalue weighted by Gasteiger charge is 2.14. The normalized spacial score (nSPS) is 11.5. The Bertz CT molecular complexity index is 1150. The maximum atomic E-state index is 5.03. The van der Waals surface area contributed by atoms with Crippen LogP contribution in [0.25, 0.3) is 0 Å². The lowest BCUT2D eigenvalue weighted by molar-refractivity contribution is 0.359. The van der Waals surface area contributed by atoms with Gasteiger partial charge in [-0.15, -0.1) is 10.2 Å². The van der Waals surface area contributed by atoms with Crippen LogP contribution in [0.4, 0.5) is 0 Å². The SMILES string of the molecule is CC(C)c1nnc(C(C)C)n1C.CC(C)c1noc(C(C)C)n1.CC(C)c1nsc(C(C)C)n1.CC(C)c1nsc(C(C)C)n1. The minimum atomic E-state index is 0.329. The largest absolute Gasteiger partial charge is 0.339 e. The molecule has 10 nitrogen and oxygen atoms in total. The van der Waals surface area contributed by atoms with Crippen molar-refractivity contribution < 1.29 is 4.52 Å². The molecule has 0 aliphatic heterocycles. The predicted molar refractivity (Wildman–Crippen MR) is 188 cm³/mol.